The summed E-state index contributed by atoms with van der Waals surface area (Å²) in [4.78, 5) is 12.7. The molecule has 0 saturated carbocycles. The van der Waals surface area contributed by atoms with Gasteiger partial charge in [-0.25, -0.2) is 0 Å². The summed E-state index contributed by atoms with van der Waals surface area (Å²) >= 11 is 2.83. The molecule has 6 nitrogen and oxygen atoms in total. The van der Waals surface area contributed by atoms with E-state index in [-0.39, 0.29) is 11.2 Å². The minimum Gasteiger partial charge on any atom is -0.467 e. The van der Waals surface area contributed by atoms with Crippen LogP contribution in [-0.4, -0.2) is 21.4 Å². The Kier molecular flexibility index (Phi) is 7.11. The van der Waals surface area contributed by atoms with Gasteiger partial charge in [0.1, 0.15) is 5.76 Å². The third-order valence-corrected chi connectivity index (χ3v) is 6.47. The second-order valence-corrected chi connectivity index (χ2v) is 9.02. The van der Waals surface area contributed by atoms with Crippen LogP contribution in [0.1, 0.15) is 44.4 Å². The summed E-state index contributed by atoms with van der Waals surface area (Å²) in [5.41, 5.74) is 2.04. The largest absolute Gasteiger partial charge is 0.467 e. The molecule has 3 aromatic rings. The van der Waals surface area contributed by atoms with Gasteiger partial charge in [-0.1, -0.05) is 55.1 Å². The minimum absolute atomic E-state index is 0.0407. The first-order valence-electron chi connectivity index (χ1n) is 9.23. The third kappa shape index (κ3) is 5.36. The van der Waals surface area contributed by atoms with Gasteiger partial charge in [-0.05, 0) is 43.0 Å². The van der Waals surface area contributed by atoms with Crippen molar-refractivity contribution in [2.24, 2.45) is 0 Å². The number of para-hydroxylation sites is 1. The van der Waals surface area contributed by atoms with E-state index in [9.17, 15) is 4.79 Å². The highest BCUT2D eigenvalue weighted by Crippen LogP contribution is 2.31. The zero-order valence-corrected chi connectivity index (χ0v) is 17.8. The SMILES string of the molecule is CCC(C)c1ccccc1NC(=O)C(C)Sc1nnc(NCc2ccco2)s1. The number of thioether (sulfide) groups is 1. The molecular weight excluding hydrogens is 392 g/mol. The van der Waals surface area contributed by atoms with Crippen molar-refractivity contribution in [1.29, 1.82) is 0 Å². The van der Waals surface area contributed by atoms with Crippen LogP contribution in [-0.2, 0) is 11.3 Å². The summed E-state index contributed by atoms with van der Waals surface area (Å²) in [5.74, 6) is 1.18. The summed E-state index contributed by atoms with van der Waals surface area (Å²) in [6.07, 6.45) is 2.66. The molecule has 2 unspecified atom stereocenters. The second kappa shape index (κ2) is 9.75. The predicted octanol–water partition coefficient (Wildman–Crippen LogP) is 5.38. The Morgan fingerprint density at radius 2 is 2.04 bits per heavy atom. The van der Waals surface area contributed by atoms with Crippen molar-refractivity contribution in [3.05, 3.63) is 54.0 Å². The molecule has 2 atom stereocenters. The normalized spacial score (nSPS) is 13.1. The highest BCUT2D eigenvalue weighted by molar-refractivity contribution is 8.02. The van der Waals surface area contributed by atoms with Gasteiger partial charge in [0.2, 0.25) is 11.0 Å². The summed E-state index contributed by atoms with van der Waals surface area (Å²) < 4.78 is 6.03. The lowest BCUT2D eigenvalue weighted by molar-refractivity contribution is -0.115. The summed E-state index contributed by atoms with van der Waals surface area (Å²) in [7, 11) is 0. The standard InChI is InChI=1S/C20H24N4O2S2/c1-4-13(2)16-9-5-6-10-17(16)22-18(25)14(3)27-20-24-23-19(28-20)21-12-15-8-7-11-26-15/h5-11,13-14H,4,12H2,1-3H3,(H,21,23)(H,22,25). The van der Waals surface area contributed by atoms with Gasteiger partial charge in [0.25, 0.3) is 0 Å². The lowest BCUT2D eigenvalue weighted by Gasteiger charge is -2.17. The molecular formula is C20H24N4O2S2. The molecule has 2 aromatic heterocycles. The Morgan fingerprint density at radius 1 is 1.21 bits per heavy atom. The van der Waals surface area contributed by atoms with E-state index < -0.39 is 0 Å². The van der Waals surface area contributed by atoms with E-state index in [4.69, 9.17) is 4.42 Å². The number of nitrogens with zero attached hydrogens (tertiary/aromatic N) is 2. The van der Waals surface area contributed by atoms with Gasteiger partial charge in [0.05, 0.1) is 18.1 Å². The molecule has 148 valence electrons. The summed E-state index contributed by atoms with van der Waals surface area (Å²) in [5, 5.41) is 14.9. The molecule has 0 aliphatic rings. The summed E-state index contributed by atoms with van der Waals surface area (Å²) in [6, 6.07) is 11.7. The number of carbonyl (C=O) groups excluding carboxylic acids is 1. The first-order valence-corrected chi connectivity index (χ1v) is 10.9. The number of rotatable bonds is 9. The smallest absolute Gasteiger partial charge is 0.237 e. The summed E-state index contributed by atoms with van der Waals surface area (Å²) in [6.45, 7) is 6.74. The Morgan fingerprint density at radius 3 is 2.79 bits per heavy atom. The average Bonchev–Trinajstić information content (AvgIpc) is 3.38. The number of hydrogen-bond donors (Lipinski definition) is 2. The monoisotopic (exact) mass is 416 g/mol. The van der Waals surface area contributed by atoms with Crippen LogP contribution < -0.4 is 10.6 Å². The van der Waals surface area contributed by atoms with Gasteiger partial charge < -0.3 is 15.1 Å². The number of amides is 1. The molecule has 0 aliphatic heterocycles. The molecule has 0 fully saturated rings. The average molecular weight is 417 g/mol. The van der Waals surface area contributed by atoms with Gasteiger partial charge in [-0.15, -0.1) is 10.2 Å². The first-order chi connectivity index (χ1) is 13.6. The maximum atomic E-state index is 12.7. The number of benzene rings is 1. The zero-order valence-electron chi connectivity index (χ0n) is 16.1. The van der Waals surface area contributed by atoms with Crippen LogP contribution in [0.3, 0.4) is 0 Å². The highest BCUT2D eigenvalue weighted by Gasteiger charge is 2.19. The molecule has 28 heavy (non-hydrogen) atoms. The molecule has 0 aliphatic carbocycles. The number of aromatic nitrogens is 2. The number of hydrogen-bond acceptors (Lipinski definition) is 7. The Hall–Kier alpha value is -2.32. The van der Waals surface area contributed by atoms with E-state index in [1.807, 2.05) is 37.3 Å². The molecule has 2 N–H and O–H groups in total. The first kappa shape index (κ1) is 20.4. The van der Waals surface area contributed by atoms with Gasteiger partial charge in [0.15, 0.2) is 4.34 Å². The van der Waals surface area contributed by atoms with E-state index in [0.717, 1.165) is 27.8 Å². The van der Waals surface area contributed by atoms with E-state index in [0.29, 0.717) is 17.6 Å². The maximum absolute atomic E-state index is 12.7. The van der Waals surface area contributed by atoms with Gasteiger partial charge in [-0.3, -0.25) is 4.79 Å². The Bertz CT molecular complexity index is 895. The van der Waals surface area contributed by atoms with Crippen molar-refractivity contribution in [2.45, 2.75) is 49.2 Å². The van der Waals surface area contributed by atoms with Crippen molar-refractivity contribution < 1.29 is 9.21 Å². The van der Waals surface area contributed by atoms with Crippen LogP contribution in [0.5, 0.6) is 0 Å². The predicted molar refractivity (Wildman–Crippen MR) is 115 cm³/mol. The van der Waals surface area contributed by atoms with Crippen molar-refractivity contribution in [1.82, 2.24) is 10.2 Å². The fourth-order valence-corrected chi connectivity index (χ4v) is 4.50. The Balaban J connectivity index is 1.56. The molecule has 2 heterocycles. The molecule has 0 saturated heterocycles. The molecule has 8 heteroatoms. The third-order valence-electron chi connectivity index (χ3n) is 4.41. The maximum Gasteiger partial charge on any atom is 0.237 e. The van der Waals surface area contributed by atoms with Crippen LogP contribution in [0.25, 0.3) is 0 Å². The molecule has 0 bridgehead atoms. The number of carbonyl (C=O) groups is 1. The van der Waals surface area contributed by atoms with E-state index in [2.05, 4.69) is 40.7 Å². The van der Waals surface area contributed by atoms with Gasteiger partial charge in [-0.2, -0.15) is 0 Å². The van der Waals surface area contributed by atoms with Crippen LogP contribution in [0.4, 0.5) is 10.8 Å². The van der Waals surface area contributed by atoms with Crippen molar-refractivity contribution >= 4 is 39.8 Å². The molecule has 1 aromatic carbocycles. The van der Waals surface area contributed by atoms with Crippen LogP contribution >= 0.6 is 23.1 Å². The molecule has 0 spiro atoms. The van der Waals surface area contributed by atoms with Crippen LogP contribution in [0.2, 0.25) is 0 Å². The highest BCUT2D eigenvalue weighted by atomic mass is 32.2. The lowest BCUT2D eigenvalue weighted by Crippen LogP contribution is -2.23. The topological polar surface area (TPSA) is 80.0 Å². The van der Waals surface area contributed by atoms with Crippen molar-refractivity contribution in [3.8, 4) is 0 Å². The van der Waals surface area contributed by atoms with E-state index >= 15 is 0 Å². The quantitative estimate of drug-likeness (QED) is 0.456. The van der Waals surface area contributed by atoms with Crippen molar-refractivity contribution in [3.63, 3.8) is 0 Å². The fraction of sp³-hybridized carbons (Fsp3) is 0.350. The second-order valence-electron chi connectivity index (χ2n) is 6.45. The molecule has 1 amide bonds. The van der Waals surface area contributed by atoms with Gasteiger partial charge >= 0.3 is 0 Å². The fourth-order valence-electron chi connectivity index (χ4n) is 2.60. The zero-order chi connectivity index (χ0) is 19.9. The van der Waals surface area contributed by atoms with E-state index in [1.165, 1.54) is 23.1 Å². The van der Waals surface area contributed by atoms with Crippen LogP contribution in [0.15, 0.2) is 51.4 Å². The number of anilines is 2. The minimum atomic E-state index is -0.282. The molecule has 3 rings (SSSR count). The van der Waals surface area contributed by atoms with E-state index in [1.54, 1.807) is 6.26 Å². The number of furan rings is 1. The van der Waals surface area contributed by atoms with Crippen LogP contribution in [0, 0.1) is 0 Å². The number of nitrogens with one attached hydrogen (secondary N) is 2. The molecule has 0 radical (unpaired) electrons. The van der Waals surface area contributed by atoms with Gasteiger partial charge in [0, 0.05) is 5.69 Å². The van der Waals surface area contributed by atoms with Crippen molar-refractivity contribution in [2.75, 3.05) is 10.6 Å². The lowest BCUT2D eigenvalue weighted by atomic mass is 9.97. The Labute approximate surface area is 173 Å².